The van der Waals surface area contributed by atoms with Gasteiger partial charge in [0.25, 0.3) is 0 Å². The van der Waals surface area contributed by atoms with Crippen LogP contribution in [0.5, 0.6) is 23.0 Å². The predicted molar refractivity (Wildman–Crippen MR) is 110 cm³/mol. The van der Waals surface area contributed by atoms with E-state index in [0.717, 1.165) is 30.4 Å². The zero-order valence-electron chi connectivity index (χ0n) is 17.2. The van der Waals surface area contributed by atoms with Gasteiger partial charge in [0.05, 0.1) is 20.3 Å². The van der Waals surface area contributed by atoms with Crippen LogP contribution in [-0.4, -0.2) is 36.5 Å². The Bertz CT molecular complexity index is 889. The molecule has 0 radical (unpaired) electrons. The molecule has 2 aromatic rings. The van der Waals surface area contributed by atoms with Gasteiger partial charge in [-0.25, -0.2) is 0 Å². The van der Waals surface area contributed by atoms with E-state index in [1.165, 1.54) is 21.1 Å². The van der Waals surface area contributed by atoms with Gasteiger partial charge in [0, 0.05) is 18.1 Å². The highest BCUT2D eigenvalue weighted by molar-refractivity contribution is 5.83. The monoisotopic (exact) mass is 400 g/mol. The number of benzene rings is 2. The van der Waals surface area contributed by atoms with Crippen molar-refractivity contribution in [1.29, 1.82) is 0 Å². The highest BCUT2D eigenvalue weighted by Crippen LogP contribution is 2.49. The van der Waals surface area contributed by atoms with Gasteiger partial charge in [0.2, 0.25) is 5.75 Å². The maximum Gasteiger partial charge on any atom is 0.308 e. The Hall–Kier alpha value is -2.73. The molecule has 0 aliphatic heterocycles. The van der Waals surface area contributed by atoms with Crippen LogP contribution in [0.4, 0.5) is 0 Å². The minimum atomic E-state index is -0.419. The van der Waals surface area contributed by atoms with Crippen molar-refractivity contribution >= 4 is 5.97 Å². The third kappa shape index (κ3) is 4.65. The first kappa shape index (κ1) is 21.0. The molecule has 1 aliphatic rings. The Morgan fingerprint density at radius 1 is 1.00 bits per heavy atom. The largest absolute Gasteiger partial charge is 0.504 e. The topological polar surface area (TPSA) is 85.2 Å². The second-order valence-corrected chi connectivity index (χ2v) is 7.36. The van der Waals surface area contributed by atoms with Crippen LogP contribution >= 0.6 is 0 Å². The lowest BCUT2D eigenvalue weighted by Crippen LogP contribution is -2.08. The van der Waals surface area contributed by atoms with Crippen molar-refractivity contribution in [3.05, 3.63) is 35.4 Å². The second-order valence-electron chi connectivity index (χ2n) is 7.36. The summed E-state index contributed by atoms with van der Waals surface area (Å²) in [5.74, 6) is 0.683. The van der Waals surface area contributed by atoms with Crippen LogP contribution in [0.2, 0.25) is 0 Å². The first-order chi connectivity index (χ1) is 13.9. The molecule has 2 aromatic carbocycles. The van der Waals surface area contributed by atoms with Gasteiger partial charge in [-0.15, -0.1) is 0 Å². The predicted octanol–water partition coefficient (Wildman–Crippen LogP) is 4.02. The van der Waals surface area contributed by atoms with Gasteiger partial charge in [0.1, 0.15) is 5.75 Å². The van der Waals surface area contributed by atoms with Crippen LogP contribution in [-0.2, 0) is 17.6 Å². The molecule has 0 heterocycles. The minimum absolute atomic E-state index is 0.0497. The molecule has 2 N–H and O–H groups in total. The maximum absolute atomic E-state index is 11.7. The molecule has 0 aromatic heterocycles. The zero-order valence-corrected chi connectivity index (χ0v) is 17.2. The molecule has 6 nitrogen and oxygen atoms in total. The Kier molecular flexibility index (Phi) is 6.64. The van der Waals surface area contributed by atoms with E-state index in [2.05, 4.69) is 0 Å². The second kappa shape index (κ2) is 9.18. The fourth-order valence-electron chi connectivity index (χ4n) is 3.83. The Morgan fingerprint density at radius 3 is 2.45 bits per heavy atom. The summed E-state index contributed by atoms with van der Waals surface area (Å²) in [6.07, 6.45) is 4.05. The van der Waals surface area contributed by atoms with Crippen molar-refractivity contribution in [1.82, 2.24) is 0 Å². The van der Waals surface area contributed by atoms with Crippen LogP contribution in [0.25, 0.3) is 11.1 Å². The Labute approximate surface area is 171 Å². The average Bonchev–Trinajstić information content (AvgIpc) is 2.70. The van der Waals surface area contributed by atoms with Crippen molar-refractivity contribution in [3.8, 4) is 34.1 Å². The number of aliphatic hydroxyl groups excluding tert-OH is 1. The third-order valence-electron chi connectivity index (χ3n) is 5.28. The van der Waals surface area contributed by atoms with E-state index in [9.17, 15) is 15.0 Å². The molecule has 0 amide bonds. The van der Waals surface area contributed by atoms with Crippen LogP contribution in [0.1, 0.15) is 43.7 Å². The quantitative estimate of drug-likeness (QED) is 0.598. The number of aliphatic hydroxyl groups is 1. The van der Waals surface area contributed by atoms with Crippen molar-refractivity contribution in [2.75, 3.05) is 14.2 Å². The molecule has 156 valence electrons. The highest BCUT2D eigenvalue weighted by atomic mass is 16.5. The van der Waals surface area contributed by atoms with Crippen LogP contribution in [0.3, 0.4) is 0 Å². The number of aryl methyl sites for hydroxylation is 2. The van der Waals surface area contributed by atoms with E-state index in [1.54, 1.807) is 6.07 Å². The molecule has 0 fully saturated rings. The summed E-state index contributed by atoms with van der Waals surface area (Å²) in [4.78, 5) is 11.7. The van der Waals surface area contributed by atoms with Crippen molar-refractivity contribution in [3.63, 3.8) is 0 Å². The smallest absolute Gasteiger partial charge is 0.308 e. The summed E-state index contributed by atoms with van der Waals surface area (Å²) < 4.78 is 16.5. The molecular formula is C23H28O6. The molecule has 0 saturated heterocycles. The molecule has 0 unspecified atom stereocenters. The number of esters is 1. The van der Waals surface area contributed by atoms with Crippen molar-refractivity contribution in [2.45, 2.75) is 51.6 Å². The van der Waals surface area contributed by atoms with E-state index in [0.29, 0.717) is 41.9 Å². The number of phenolic OH excluding ortho intramolecular Hbond substituents is 1. The van der Waals surface area contributed by atoms with Crippen LogP contribution in [0, 0.1) is 0 Å². The van der Waals surface area contributed by atoms with Gasteiger partial charge in [0.15, 0.2) is 11.5 Å². The summed E-state index contributed by atoms with van der Waals surface area (Å²) in [7, 11) is 3.00. The summed E-state index contributed by atoms with van der Waals surface area (Å²) >= 11 is 0. The standard InChI is InChI=1S/C23H28O6/c1-14(24)29-20-11-9-15-8-10-17(25)7-5-4-6-16-13-19(18(20)12-15)22(27-2)23(28-3)21(16)26/h9,11-13,17,25-26H,4-8,10H2,1-3H3/t17-/m0/s1. The minimum Gasteiger partial charge on any atom is -0.504 e. The number of ether oxygens (including phenoxy) is 3. The molecule has 4 bridgehead atoms. The zero-order chi connectivity index (χ0) is 21.0. The van der Waals surface area contributed by atoms with Gasteiger partial charge in [-0.1, -0.05) is 12.5 Å². The first-order valence-corrected chi connectivity index (χ1v) is 9.91. The van der Waals surface area contributed by atoms with E-state index in [1.807, 2.05) is 18.2 Å². The number of carbonyl (C=O) groups is 1. The van der Waals surface area contributed by atoms with Gasteiger partial charge < -0.3 is 24.4 Å². The molecule has 6 heteroatoms. The summed E-state index contributed by atoms with van der Waals surface area (Å²) in [6, 6.07) is 7.48. The number of phenols is 1. The lowest BCUT2D eigenvalue weighted by atomic mass is 9.95. The Balaban J connectivity index is 2.26. The summed E-state index contributed by atoms with van der Waals surface area (Å²) in [6.45, 7) is 1.36. The summed E-state index contributed by atoms with van der Waals surface area (Å²) in [5.41, 5.74) is 3.12. The van der Waals surface area contributed by atoms with Crippen molar-refractivity contribution < 1.29 is 29.2 Å². The van der Waals surface area contributed by atoms with Gasteiger partial charge in [-0.3, -0.25) is 4.79 Å². The third-order valence-corrected chi connectivity index (χ3v) is 5.28. The highest BCUT2D eigenvalue weighted by Gasteiger charge is 2.23. The van der Waals surface area contributed by atoms with Crippen LogP contribution in [0.15, 0.2) is 24.3 Å². The van der Waals surface area contributed by atoms with Crippen LogP contribution < -0.4 is 14.2 Å². The van der Waals surface area contributed by atoms with E-state index in [4.69, 9.17) is 14.2 Å². The van der Waals surface area contributed by atoms with Crippen molar-refractivity contribution in [2.24, 2.45) is 0 Å². The lowest BCUT2D eigenvalue weighted by Gasteiger charge is -2.19. The molecule has 0 saturated carbocycles. The average molecular weight is 400 g/mol. The fraction of sp³-hybridized carbons (Fsp3) is 0.435. The van der Waals surface area contributed by atoms with Gasteiger partial charge in [-0.2, -0.15) is 0 Å². The number of hydrogen-bond acceptors (Lipinski definition) is 6. The molecule has 1 atom stereocenters. The number of rotatable bonds is 3. The number of carbonyl (C=O) groups excluding carboxylic acids is 1. The molecular weight excluding hydrogens is 372 g/mol. The molecule has 0 spiro atoms. The van der Waals surface area contributed by atoms with Gasteiger partial charge in [-0.05, 0) is 61.4 Å². The van der Waals surface area contributed by atoms with E-state index >= 15 is 0 Å². The fourth-order valence-corrected chi connectivity index (χ4v) is 3.83. The molecule has 1 aliphatic carbocycles. The molecule has 3 rings (SSSR count). The van der Waals surface area contributed by atoms with Gasteiger partial charge >= 0.3 is 5.97 Å². The number of methoxy groups -OCH3 is 2. The maximum atomic E-state index is 11.7. The Morgan fingerprint density at radius 2 is 1.76 bits per heavy atom. The normalized spacial score (nSPS) is 16.8. The van der Waals surface area contributed by atoms with E-state index in [-0.39, 0.29) is 17.6 Å². The first-order valence-electron chi connectivity index (χ1n) is 9.91. The SMILES string of the molecule is COc1c2cc(c(O)c1OC)CCCC[C@H](O)CCc1ccc(OC(C)=O)c-2c1. The lowest BCUT2D eigenvalue weighted by molar-refractivity contribution is -0.131. The number of fused-ring (bicyclic) bond motifs is 5. The molecule has 29 heavy (non-hydrogen) atoms. The number of aromatic hydroxyl groups is 1. The van der Waals surface area contributed by atoms with E-state index < -0.39 is 5.97 Å². The summed E-state index contributed by atoms with van der Waals surface area (Å²) in [5, 5.41) is 21.0. The number of hydrogen-bond donors (Lipinski definition) is 2.